The summed E-state index contributed by atoms with van der Waals surface area (Å²) in [4.78, 5) is 10.1. The van der Waals surface area contributed by atoms with E-state index in [0.717, 1.165) is 0 Å². The molecule has 1 atom stereocenters. The fraction of sp³-hybridized carbons (Fsp3) is 0.800. The molecule has 1 fully saturated rings. The first-order valence-corrected chi connectivity index (χ1v) is 4.57. The van der Waals surface area contributed by atoms with Crippen LogP contribution in [0.25, 0.3) is 0 Å². The van der Waals surface area contributed by atoms with Gasteiger partial charge in [0, 0.05) is 6.54 Å². The van der Waals surface area contributed by atoms with Crippen molar-refractivity contribution in [3.05, 3.63) is 0 Å². The summed E-state index contributed by atoms with van der Waals surface area (Å²) < 4.78 is 27.3. The number of nitrogens with zero attached hydrogens (tertiary/aromatic N) is 1. The predicted molar refractivity (Wildman–Crippen MR) is 40.8 cm³/mol. The molecule has 6 nitrogen and oxygen atoms in total. The van der Waals surface area contributed by atoms with E-state index in [2.05, 4.69) is 5.32 Å². The zero-order chi connectivity index (χ0) is 8.97. The van der Waals surface area contributed by atoms with Crippen molar-refractivity contribution in [2.75, 3.05) is 19.8 Å². The van der Waals surface area contributed by atoms with Crippen molar-refractivity contribution in [2.24, 2.45) is 0 Å². The number of ether oxygens (including phenoxy) is 1. The molecule has 1 unspecified atom stereocenters. The Morgan fingerprint density at radius 1 is 1.58 bits per heavy atom. The maximum atomic E-state index is 10.6. The maximum absolute atomic E-state index is 10.6. The van der Waals surface area contributed by atoms with Crippen LogP contribution in [0.1, 0.15) is 0 Å². The second-order valence-electron chi connectivity index (χ2n) is 2.28. The van der Waals surface area contributed by atoms with Gasteiger partial charge in [0.2, 0.25) is 17.3 Å². The van der Waals surface area contributed by atoms with Gasteiger partial charge in [-0.3, -0.25) is 4.79 Å². The van der Waals surface area contributed by atoms with Crippen LogP contribution in [-0.2, 0) is 20.4 Å². The van der Waals surface area contributed by atoms with E-state index in [-0.39, 0.29) is 6.61 Å². The fourth-order valence-corrected chi connectivity index (χ4v) is 1.61. The van der Waals surface area contributed by atoms with Crippen LogP contribution < -0.4 is 5.32 Å². The molecule has 1 rings (SSSR count). The molecule has 0 radical (unpaired) electrons. The zero-order valence-corrected chi connectivity index (χ0v) is 7.20. The SMILES string of the molecule is O=CNC1COCCN1[SH](=O)=O. The quantitative estimate of drug-likeness (QED) is 0.399. The first-order chi connectivity index (χ1) is 5.75. The highest BCUT2D eigenvalue weighted by atomic mass is 32.2. The van der Waals surface area contributed by atoms with Gasteiger partial charge in [-0.05, 0) is 0 Å². The number of hydrogen-bond acceptors (Lipinski definition) is 4. The average Bonchev–Trinajstić information content (AvgIpc) is 2.05. The molecule has 0 bridgehead atoms. The van der Waals surface area contributed by atoms with E-state index in [1.54, 1.807) is 0 Å². The van der Waals surface area contributed by atoms with E-state index >= 15 is 0 Å². The predicted octanol–water partition coefficient (Wildman–Crippen LogP) is -2.08. The second kappa shape index (κ2) is 4.39. The number of nitrogens with one attached hydrogen (secondary N) is 1. The summed E-state index contributed by atoms with van der Waals surface area (Å²) in [5.74, 6) is 0. The van der Waals surface area contributed by atoms with E-state index in [9.17, 15) is 13.2 Å². The van der Waals surface area contributed by atoms with Crippen LogP contribution in [0.4, 0.5) is 0 Å². The van der Waals surface area contributed by atoms with Crippen molar-refractivity contribution in [3.63, 3.8) is 0 Å². The van der Waals surface area contributed by atoms with Crippen molar-refractivity contribution >= 4 is 17.3 Å². The molecule has 1 saturated heterocycles. The Hall–Kier alpha value is -0.660. The zero-order valence-electron chi connectivity index (χ0n) is 6.30. The fourth-order valence-electron chi connectivity index (χ4n) is 1.00. The van der Waals surface area contributed by atoms with Gasteiger partial charge in [-0.1, -0.05) is 0 Å². The van der Waals surface area contributed by atoms with Crippen LogP contribution in [0.2, 0.25) is 0 Å². The minimum absolute atomic E-state index is 0.210. The first kappa shape index (κ1) is 9.43. The number of thiol groups is 1. The normalized spacial score (nSPS) is 25.6. The molecule has 0 aromatic carbocycles. The highest BCUT2D eigenvalue weighted by molar-refractivity contribution is 7.69. The minimum Gasteiger partial charge on any atom is -0.376 e. The highest BCUT2D eigenvalue weighted by Crippen LogP contribution is 2.02. The molecule has 0 aromatic rings. The van der Waals surface area contributed by atoms with Crippen LogP contribution in [0.3, 0.4) is 0 Å². The first-order valence-electron chi connectivity index (χ1n) is 3.44. The summed E-state index contributed by atoms with van der Waals surface area (Å²) in [6, 6.07) is 0. The van der Waals surface area contributed by atoms with Crippen LogP contribution in [0.15, 0.2) is 0 Å². The van der Waals surface area contributed by atoms with Crippen molar-refractivity contribution in [1.29, 1.82) is 0 Å². The van der Waals surface area contributed by atoms with Gasteiger partial charge in [0.1, 0.15) is 6.17 Å². The minimum atomic E-state index is -2.64. The molecule has 1 N–H and O–H groups in total. The molecular weight excluding hydrogens is 184 g/mol. The molecule has 1 heterocycles. The van der Waals surface area contributed by atoms with E-state index in [0.29, 0.717) is 19.6 Å². The third kappa shape index (κ3) is 2.16. The van der Waals surface area contributed by atoms with E-state index in [1.165, 1.54) is 4.31 Å². The Kier molecular flexibility index (Phi) is 3.45. The van der Waals surface area contributed by atoms with Crippen LogP contribution in [0.5, 0.6) is 0 Å². The molecule has 1 aliphatic heterocycles. The Labute approximate surface area is 71.6 Å². The summed E-state index contributed by atoms with van der Waals surface area (Å²) in [5.41, 5.74) is 0. The molecule has 1 aliphatic rings. The lowest BCUT2D eigenvalue weighted by Crippen LogP contribution is -2.52. The Balaban J connectivity index is 2.59. The van der Waals surface area contributed by atoms with Crippen molar-refractivity contribution in [2.45, 2.75) is 6.17 Å². The number of carbonyl (C=O) groups is 1. The molecule has 0 spiro atoms. The van der Waals surface area contributed by atoms with Crippen molar-refractivity contribution in [3.8, 4) is 0 Å². The molecular formula is C5H10N2O4S. The number of amides is 1. The van der Waals surface area contributed by atoms with E-state index in [4.69, 9.17) is 4.74 Å². The standard InChI is InChI=1S/C5H10N2O4S/c8-4-6-5-3-11-2-1-7(5)12(9)10/h4-5,12H,1-3H2,(H,6,8). The smallest absolute Gasteiger partial charge is 0.208 e. The molecule has 1 amide bonds. The topological polar surface area (TPSA) is 75.7 Å². The number of morpholine rings is 1. The van der Waals surface area contributed by atoms with Crippen LogP contribution in [0, 0.1) is 0 Å². The molecule has 0 saturated carbocycles. The monoisotopic (exact) mass is 194 g/mol. The van der Waals surface area contributed by atoms with Gasteiger partial charge in [-0.25, -0.2) is 8.42 Å². The van der Waals surface area contributed by atoms with Gasteiger partial charge < -0.3 is 10.1 Å². The third-order valence-corrected chi connectivity index (χ3v) is 2.47. The largest absolute Gasteiger partial charge is 0.376 e. The lowest BCUT2D eigenvalue weighted by molar-refractivity contribution is -0.112. The van der Waals surface area contributed by atoms with Crippen LogP contribution in [-0.4, -0.2) is 45.1 Å². The van der Waals surface area contributed by atoms with Gasteiger partial charge in [0.25, 0.3) is 0 Å². The summed E-state index contributed by atoms with van der Waals surface area (Å²) in [6.45, 7) is 0.882. The van der Waals surface area contributed by atoms with Gasteiger partial charge in [0.05, 0.1) is 13.2 Å². The molecule has 0 aliphatic carbocycles. The number of carbonyl (C=O) groups excluding carboxylic acids is 1. The van der Waals surface area contributed by atoms with Crippen LogP contribution >= 0.6 is 0 Å². The molecule has 0 aromatic heterocycles. The van der Waals surface area contributed by atoms with Crippen molar-refractivity contribution in [1.82, 2.24) is 9.62 Å². The summed E-state index contributed by atoms with van der Waals surface area (Å²) in [7, 11) is -2.64. The Bertz CT molecular complexity index is 221. The summed E-state index contributed by atoms with van der Waals surface area (Å²) in [6.07, 6.45) is -0.0806. The Morgan fingerprint density at radius 2 is 2.33 bits per heavy atom. The third-order valence-electron chi connectivity index (χ3n) is 1.57. The summed E-state index contributed by atoms with van der Waals surface area (Å²) in [5, 5.41) is 2.35. The number of rotatable bonds is 3. The number of hydrogen-bond donors (Lipinski definition) is 2. The maximum Gasteiger partial charge on any atom is 0.208 e. The van der Waals surface area contributed by atoms with Crippen molar-refractivity contribution < 1.29 is 17.9 Å². The molecule has 12 heavy (non-hydrogen) atoms. The van der Waals surface area contributed by atoms with Gasteiger partial charge in [-0.2, -0.15) is 4.31 Å². The second-order valence-corrected chi connectivity index (χ2v) is 3.27. The summed E-state index contributed by atoms with van der Waals surface area (Å²) >= 11 is 0. The average molecular weight is 194 g/mol. The molecule has 7 heteroatoms. The highest BCUT2D eigenvalue weighted by Gasteiger charge is 2.23. The lowest BCUT2D eigenvalue weighted by Gasteiger charge is -2.29. The van der Waals surface area contributed by atoms with Gasteiger partial charge in [0.15, 0.2) is 0 Å². The van der Waals surface area contributed by atoms with Gasteiger partial charge >= 0.3 is 0 Å². The lowest BCUT2D eigenvalue weighted by atomic mass is 10.4. The van der Waals surface area contributed by atoms with Gasteiger partial charge in [-0.15, -0.1) is 0 Å². The molecule has 70 valence electrons. The Morgan fingerprint density at radius 3 is 2.92 bits per heavy atom. The van der Waals surface area contributed by atoms with E-state index in [1.807, 2.05) is 0 Å². The van der Waals surface area contributed by atoms with E-state index < -0.39 is 17.1 Å².